The number of benzene rings is 3. The van der Waals surface area contributed by atoms with Crippen LogP contribution in [0, 0.1) is 0 Å². The number of rotatable bonds is 3. The molecule has 0 saturated heterocycles. The molecule has 0 bridgehead atoms. The van der Waals surface area contributed by atoms with E-state index in [1.165, 1.54) is 11.3 Å². The molecule has 3 aromatic heterocycles. The number of nitrogens with two attached hydrogens (primary N) is 1. The summed E-state index contributed by atoms with van der Waals surface area (Å²) in [7, 11) is 1.64. The second-order valence-corrected chi connectivity index (χ2v) is 8.80. The molecule has 6 rings (SSSR count). The quantitative estimate of drug-likeness (QED) is 0.342. The van der Waals surface area contributed by atoms with E-state index in [1.54, 1.807) is 11.7 Å². The molecule has 0 radical (unpaired) electrons. The molecule has 3 aromatic carbocycles. The number of anilines is 1. The van der Waals surface area contributed by atoms with Crippen LogP contribution in [0.1, 0.15) is 9.67 Å². The highest BCUT2D eigenvalue weighted by molar-refractivity contribution is 7.21. The zero-order valence-corrected chi connectivity index (χ0v) is 18.6. The van der Waals surface area contributed by atoms with Crippen molar-refractivity contribution >= 4 is 55.0 Å². The van der Waals surface area contributed by atoms with Crippen LogP contribution in [0.3, 0.4) is 0 Å². The lowest BCUT2D eigenvalue weighted by Gasteiger charge is -2.05. The number of nitrogen functional groups attached to an aromatic ring is 1. The standard InChI is InChI=1S/C27H19N3O2S/c1-32-17-12-10-16(11-13-17)21-15-14-20-24(28)25(33-26(20)29-21)27(31)30-22-8-4-2-6-18(22)19-7-3-5-9-23(19)30/h2-15H,28H2,1H3. The second-order valence-electron chi connectivity index (χ2n) is 7.80. The van der Waals surface area contributed by atoms with Crippen molar-refractivity contribution in [1.82, 2.24) is 9.55 Å². The average Bonchev–Trinajstić information content (AvgIpc) is 3.38. The van der Waals surface area contributed by atoms with Crippen molar-refractivity contribution in [3.8, 4) is 17.0 Å². The van der Waals surface area contributed by atoms with E-state index >= 15 is 0 Å². The zero-order valence-electron chi connectivity index (χ0n) is 17.8. The van der Waals surface area contributed by atoms with Gasteiger partial charge in [0.2, 0.25) is 0 Å². The van der Waals surface area contributed by atoms with Crippen LogP contribution >= 0.6 is 11.3 Å². The summed E-state index contributed by atoms with van der Waals surface area (Å²) in [4.78, 5) is 19.8. The van der Waals surface area contributed by atoms with Gasteiger partial charge in [-0.3, -0.25) is 9.36 Å². The fourth-order valence-corrected chi connectivity index (χ4v) is 5.35. The highest BCUT2D eigenvalue weighted by Gasteiger charge is 2.23. The maximum atomic E-state index is 13.8. The number of hydrogen-bond acceptors (Lipinski definition) is 5. The Balaban J connectivity index is 1.50. The van der Waals surface area contributed by atoms with Gasteiger partial charge in [0.25, 0.3) is 5.91 Å². The fraction of sp³-hybridized carbons (Fsp3) is 0.0370. The first-order chi connectivity index (χ1) is 16.2. The van der Waals surface area contributed by atoms with Crippen molar-refractivity contribution in [2.45, 2.75) is 0 Å². The molecule has 33 heavy (non-hydrogen) atoms. The normalized spacial score (nSPS) is 11.4. The van der Waals surface area contributed by atoms with Crippen molar-refractivity contribution in [3.63, 3.8) is 0 Å². The molecule has 0 atom stereocenters. The van der Waals surface area contributed by atoms with Crippen LogP contribution in [0.25, 0.3) is 43.3 Å². The molecule has 0 aliphatic rings. The minimum absolute atomic E-state index is 0.140. The van der Waals surface area contributed by atoms with Crippen LogP contribution in [-0.4, -0.2) is 22.6 Å². The third-order valence-corrected chi connectivity index (χ3v) is 7.06. The van der Waals surface area contributed by atoms with Gasteiger partial charge in [0.15, 0.2) is 0 Å². The summed E-state index contributed by atoms with van der Waals surface area (Å²) in [5.41, 5.74) is 10.5. The number of carbonyl (C=O) groups is 1. The van der Waals surface area contributed by atoms with E-state index in [1.807, 2.05) is 84.9 Å². The van der Waals surface area contributed by atoms with Crippen LogP contribution in [-0.2, 0) is 0 Å². The molecule has 0 spiro atoms. The van der Waals surface area contributed by atoms with Gasteiger partial charge < -0.3 is 10.5 Å². The summed E-state index contributed by atoms with van der Waals surface area (Å²) >= 11 is 1.33. The van der Waals surface area contributed by atoms with E-state index in [4.69, 9.17) is 15.5 Å². The number of aromatic nitrogens is 2. The Hall–Kier alpha value is -4.16. The number of ether oxygens (including phenoxy) is 1. The molecule has 6 aromatic rings. The Bertz CT molecular complexity index is 1630. The van der Waals surface area contributed by atoms with Gasteiger partial charge in [0.05, 0.1) is 29.5 Å². The lowest BCUT2D eigenvalue weighted by atomic mass is 10.1. The van der Waals surface area contributed by atoms with E-state index in [2.05, 4.69) is 0 Å². The topological polar surface area (TPSA) is 70.1 Å². The number of para-hydroxylation sites is 2. The molecule has 160 valence electrons. The summed E-state index contributed by atoms with van der Waals surface area (Å²) in [6.07, 6.45) is 0. The third kappa shape index (κ3) is 2.99. The molecule has 0 saturated carbocycles. The number of nitrogens with zero attached hydrogens (tertiary/aromatic N) is 2. The molecule has 2 N–H and O–H groups in total. The second kappa shape index (κ2) is 7.46. The Labute approximate surface area is 193 Å². The van der Waals surface area contributed by atoms with Crippen molar-refractivity contribution < 1.29 is 9.53 Å². The molecule has 6 heteroatoms. The van der Waals surface area contributed by atoms with Gasteiger partial charge in [0.1, 0.15) is 15.5 Å². The predicted molar refractivity (Wildman–Crippen MR) is 135 cm³/mol. The molecule has 3 heterocycles. The van der Waals surface area contributed by atoms with Gasteiger partial charge >= 0.3 is 0 Å². The van der Waals surface area contributed by atoms with E-state index < -0.39 is 0 Å². The van der Waals surface area contributed by atoms with Crippen LogP contribution in [0.5, 0.6) is 5.75 Å². The van der Waals surface area contributed by atoms with Crippen LogP contribution in [0.4, 0.5) is 5.69 Å². The average molecular weight is 450 g/mol. The number of hydrogen-bond donors (Lipinski definition) is 1. The van der Waals surface area contributed by atoms with E-state index in [9.17, 15) is 4.79 Å². The predicted octanol–water partition coefficient (Wildman–Crippen LogP) is 6.35. The molecular weight excluding hydrogens is 430 g/mol. The SMILES string of the molecule is COc1ccc(-c2ccc3c(N)c(C(=O)n4c5ccccc5c5ccccc54)sc3n2)cc1. The summed E-state index contributed by atoms with van der Waals surface area (Å²) in [5, 5.41) is 2.88. The van der Waals surface area contributed by atoms with E-state index in [-0.39, 0.29) is 5.91 Å². The van der Waals surface area contributed by atoms with Gasteiger partial charge in [-0.2, -0.15) is 0 Å². The molecular formula is C27H19N3O2S. The van der Waals surface area contributed by atoms with Crippen LogP contribution in [0.15, 0.2) is 84.9 Å². The molecule has 0 amide bonds. The molecule has 0 fully saturated rings. The first-order valence-electron chi connectivity index (χ1n) is 10.5. The van der Waals surface area contributed by atoms with Gasteiger partial charge in [-0.05, 0) is 48.5 Å². The fourth-order valence-electron chi connectivity index (χ4n) is 4.32. The first kappa shape index (κ1) is 19.5. The zero-order chi connectivity index (χ0) is 22.5. The summed E-state index contributed by atoms with van der Waals surface area (Å²) in [6, 6.07) is 27.5. The largest absolute Gasteiger partial charge is 0.497 e. The molecule has 0 aliphatic carbocycles. The van der Waals surface area contributed by atoms with E-state index in [0.29, 0.717) is 10.6 Å². The highest BCUT2D eigenvalue weighted by atomic mass is 32.1. The summed E-state index contributed by atoms with van der Waals surface area (Å²) < 4.78 is 7.00. The molecule has 0 aliphatic heterocycles. The van der Waals surface area contributed by atoms with Crippen molar-refractivity contribution in [2.24, 2.45) is 0 Å². The van der Waals surface area contributed by atoms with Gasteiger partial charge in [-0.25, -0.2) is 4.98 Å². The Morgan fingerprint density at radius 1 is 0.848 bits per heavy atom. The number of fused-ring (bicyclic) bond motifs is 4. The monoisotopic (exact) mass is 449 g/mol. The van der Waals surface area contributed by atoms with Crippen molar-refractivity contribution in [3.05, 3.63) is 89.8 Å². The third-order valence-electron chi connectivity index (χ3n) is 5.96. The maximum absolute atomic E-state index is 13.8. The first-order valence-corrected chi connectivity index (χ1v) is 11.3. The molecule has 5 nitrogen and oxygen atoms in total. The Kier molecular flexibility index (Phi) is 4.41. The van der Waals surface area contributed by atoms with Gasteiger partial charge in [0, 0.05) is 21.7 Å². The summed E-state index contributed by atoms with van der Waals surface area (Å²) in [6.45, 7) is 0. The van der Waals surface area contributed by atoms with Crippen LogP contribution in [0.2, 0.25) is 0 Å². The van der Waals surface area contributed by atoms with Gasteiger partial charge in [-0.1, -0.05) is 36.4 Å². The minimum atomic E-state index is -0.140. The highest BCUT2D eigenvalue weighted by Crippen LogP contribution is 2.37. The van der Waals surface area contributed by atoms with Gasteiger partial charge in [-0.15, -0.1) is 11.3 Å². The Morgan fingerprint density at radius 3 is 2.12 bits per heavy atom. The number of thiophene rings is 1. The number of pyridine rings is 1. The van der Waals surface area contributed by atoms with Crippen molar-refractivity contribution in [2.75, 3.05) is 12.8 Å². The van der Waals surface area contributed by atoms with Crippen molar-refractivity contribution in [1.29, 1.82) is 0 Å². The Morgan fingerprint density at radius 2 is 1.48 bits per heavy atom. The van der Waals surface area contributed by atoms with Crippen LogP contribution < -0.4 is 10.5 Å². The lowest BCUT2D eigenvalue weighted by Crippen LogP contribution is -2.11. The smallest absolute Gasteiger partial charge is 0.275 e. The summed E-state index contributed by atoms with van der Waals surface area (Å²) in [5.74, 6) is 0.651. The maximum Gasteiger partial charge on any atom is 0.275 e. The lowest BCUT2D eigenvalue weighted by molar-refractivity contribution is 0.0974. The number of carbonyl (C=O) groups excluding carboxylic acids is 1. The number of methoxy groups -OCH3 is 1. The molecule has 0 unspecified atom stereocenters. The van der Waals surface area contributed by atoms with E-state index in [0.717, 1.165) is 49.0 Å². The minimum Gasteiger partial charge on any atom is -0.497 e.